The Morgan fingerprint density at radius 3 is 2.55 bits per heavy atom. The van der Waals surface area contributed by atoms with Crippen molar-refractivity contribution in [3.8, 4) is 0 Å². The zero-order valence-electron chi connectivity index (χ0n) is 11.4. The van der Waals surface area contributed by atoms with Gasteiger partial charge in [0.25, 0.3) is 0 Å². The molecular formula is C17H11Cl2NO2. The first-order valence-electron chi connectivity index (χ1n) is 6.61. The summed E-state index contributed by atoms with van der Waals surface area (Å²) in [7, 11) is 0. The van der Waals surface area contributed by atoms with Gasteiger partial charge >= 0.3 is 5.97 Å². The molecule has 0 radical (unpaired) electrons. The lowest BCUT2D eigenvalue weighted by Gasteiger charge is -2.12. The number of carboxylic acids is 1. The van der Waals surface area contributed by atoms with Gasteiger partial charge in [0.15, 0.2) is 0 Å². The third kappa shape index (κ3) is 2.65. The molecule has 1 aliphatic rings. The Balaban J connectivity index is 2.25. The van der Waals surface area contributed by atoms with E-state index in [1.165, 1.54) is 0 Å². The van der Waals surface area contributed by atoms with E-state index in [4.69, 9.17) is 23.2 Å². The molecule has 0 amide bonds. The minimum absolute atomic E-state index is 0.220. The van der Waals surface area contributed by atoms with Gasteiger partial charge in [0.2, 0.25) is 0 Å². The molecule has 0 unspecified atom stereocenters. The van der Waals surface area contributed by atoms with Gasteiger partial charge < -0.3 is 5.11 Å². The average molecular weight is 332 g/mol. The zero-order chi connectivity index (χ0) is 15.7. The summed E-state index contributed by atoms with van der Waals surface area (Å²) in [6.07, 6.45) is 1.60. The SMILES string of the molecule is O=C(O)C1=CCN=C(c2ccccc2Cl)c2cc(Cl)ccc21. The molecule has 0 saturated heterocycles. The summed E-state index contributed by atoms with van der Waals surface area (Å²) in [6.45, 7) is 0.272. The fourth-order valence-electron chi connectivity index (χ4n) is 2.46. The van der Waals surface area contributed by atoms with E-state index in [2.05, 4.69) is 4.99 Å². The van der Waals surface area contributed by atoms with E-state index in [0.29, 0.717) is 26.9 Å². The van der Waals surface area contributed by atoms with Crippen LogP contribution in [0.25, 0.3) is 5.57 Å². The number of nitrogens with zero attached hydrogens (tertiary/aromatic N) is 1. The minimum Gasteiger partial charge on any atom is -0.478 e. The molecule has 22 heavy (non-hydrogen) atoms. The second-order valence-electron chi connectivity index (χ2n) is 4.78. The first kappa shape index (κ1) is 14.8. The topological polar surface area (TPSA) is 49.7 Å². The van der Waals surface area contributed by atoms with Crippen LogP contribution < -0.4 is 0 Å². The lowest BCUT2D eigenvalue weighted by Crippen LogP contribution is -2.09. The van der Waals surface area contributed by atoms with Crippen molar-refractivity contribution in [1.82, 2.24) is 0 Å². The zero-order valence-corrected chi connectivity index (χ0v) is 12.9. The summed E-state index contributed by atoms with van der Waals surface area (Å²) in [5.74, 6) is -0.987. The number of benzene rings is 2. The lowest BCUT2D eigenvalue weighted by molar-refractivity contribution is -0.130. The Labute approximate surface area is 137 Å². The number of carboxylic acid groups (broad SMARTS) is 1. The first-order valence-corrected chi connectivity index (χ1v) is 7.36. The van der Waals surface area contributed by atoms with Crippen LogP contribution in [0.2, 0.25) is 10.0 Å². The fourth-order valence-corrected chi connectivity index (χ4v) is 2.85. The van der Waals surface area contributed by atoms with E-state index < -0.39 is 5.97 Å². The first-order chi connectivity index (χ1) is 10.6. The van der Waals surface area contributed by atoms with Gasteiger partial charge in [0.1, 0.15) is 0 Å². The molecule has 110 valence electrons. The highest BCUT2D eigenvalue weighted by atomic mass is 35.5. The number of hydrogen-bond acceptors (Lipinski definition) is 2. The number of fused-ring (bicyclic) bond motifs is 1. The third-order valence-electron chi connectivity index (χ3n) is 3.43. The second-order valence-corrected chi connectivity index (χ2v) is 5.63. The molecule has 1 heterocycles. The Bertz CT molecular complexity index is 825. The normalized spacial score (nSPS) is 13.7. The Morgan fingerprint density at radius 1 is 1.05 bits per heavy atom. The van der Waals surface area contributed by atoms with E-state index >= 15 is 0 Å². The highest BCUT2D eigenvalue weighted by Crippen LogP contribution is 2.30. The van der Waals surface area contributed by atoms with Gasteiger partial charge in [0, 0.05) is 21.2 Å². The van der Waals surface area contributed by atoms with Crippen LogP contribution in [0.15, 0.2) is 53.5 Å². The number of aliphatic carboxylic acids is 1. The molecule has 3 rings (SSSR count). The Kier molecular flexibility index (Phi) is 4.01. The van der Waals surface area contributed by atoms with Crippen LogP contribution in [-0.4, -0.2) is 23.3 Å². The van der Waals surface area contributed by atoms with Gasteiger partial charge in [-0.15, -0.1) is 0 Å². The highest BCUT2D eigenvalue weighted by Gasteiger charge is 2.22. The standard InChI is InChI=1S/C17H11Cl2NO2/c18-10-5-6-11-12(17(21)22)7-8-20-16(14(11)9-10)13-3-1-2-4-15(13)19/h1-7,9H,8H2,(H,21,22). The number of halogens is 2. The van der Waals surface area contributed by atoms with Gasteiger partial charge in [-0.05, 0) is 29.8 Å². The molecule has 0 spiro atoms. The van der Waals surface area contributed by atoms with Gasteiger partial charge in [-0.2, -0.15) is 0 Å². The molecule has 0 atom stereocenters. The van der Waals surface area contributed by atoms with Crippen LogP contribution in [0, 0.1) is 0 Å². The summed E-state index contributed by atoms with van der Waals surface area (Å²) in [6, 6.07) is 12.4. The summed E-state index contributed by atoms with van der Waals surface area (Å²) in [5.41, 5.74) is 2.89. The molecule has 0 bridgehead atoms. The second kappa shape index (κ2) is 5.95. The lowest BCUT2D eigenvalue weighted by atomic mass is 9.93. The number of rotatable bonds is 2. The van der Waals surface area contributed by atoms with E-state index in [0.717, 1.165) is 5.56 Å². The van der Waals surface area contributed by atoms with Crippen LogP contribution in [0.5, 0.6) is 0 Å². The fraction of sp³-hybridized carbons (Fsp3) is 0.0588. The summed E-state index contributed by atoms with van der Waals surface area (Å²) < 4.78 is 0. The van der Waals surface area contributed by atoms with Crippen LogP contribution in [-0.2, 0) is 4.79 Å². The van der Waals surface area contributed by atoms with Crippen molar-refractivity contribution < 1.29 is 9.90 Å². The van der Waals surface area contributed by atoms with Crippen LogP contribution in [0.4, 0.5) is 0 Å². The maximum Gasteiger partial charge on any atom is 0.336 e. The third-order valence-corrected chi connectivity index (χ3v) is 4.00. The predicted molar refractivity (Wildman–Crippen MR) is 89.0 cm³/mol. The molecule has 2 aromatic carbocycles. The van der Waals surface area contributed by atoms with E-state index in [-0.39, 0.29) is 12.1 Å². The average Bonchev–Trinajstić information content (AvgIpc) is 2.67. The largest absolute Gasteiger partial charge is 0.478 e. The van der Waals surface area contributed by atoms with Crippen molar-refractivity contribution in [3.63, 3.8) is 0 Å². The summed E-state index contributed by atoms with van der Waals surface area (Å²) in [4.78, 5) is 16.0. The molecular weight excluding hydrogens is 321 g/mol. The monoisotopic (exact) mass is 331 g/mol. The quantitative estimate of drug-likeness (QED) is 0.891. The van der Waals surface area contributed by atoms with E-state index in [1.807, 2.05) is 18.2 Å². The smallest absolute Gasteiger partial charge is 0.336 e. The van der Waals surface area contributed by atoms with E-state index in [9.17, 15) is 9.90 Å². The van der Waals surface area contributed by atoms with Crippen molar-refractivity contribution in [3.05, 3.63) is 75.3 Å². The molecule has 3 nitrogen and oxygen atoms in total. The molecule has 0 saturated carbocycles. The molecule has 0 fully saturated rings. The highest BCUT2D eigenvalue weighted by molar-refractivity contribution is 6.37. The van der Waals surface area contributed by atoms with Crippen molar-refractivity contribution in [2.24, 2.45) is 4.99 Å². The molecule has 1 N–H and O–H groups in total. The summed E-state index contributed by atoms with van der Waals surface area (Å²) in [5, 5.41) is 10.5. The molecule has 1 aliphatic heterocycles. The van der Waals surface area contributed by atoms with Crippen molar-refractivity contribution >= 4 is 40.5 Å². The molecule has 0 aliphatic carbocycles. The Hall–Kier alpha value is -2.10. The number of aliphatic imine (C=N–C) groups is 1. The number of carbonyl (C=O) groups is 1. The molecule has 0 aromatic heterocycles. The maximum atomic E-state index is 11.5. The minimum atomic E-state index is -0.987. The van der Waals surface area contributed by atoms with Gasteiger partial charge in [0.05, 0.1) is 17.8 Å². The van der Waals surface area contributed by atoms with Crippen molar-refractivity contribution in [2.45, 2.75) is 0 Å². The maximum absolute atomic E-state index is 11.5. The van der Waals surface area contributed by atoms with Gasteiger partial charge in [-0.25, -0.2) is 4.79 Å². The van der Waals surface area contributed by atoms with Crippen LogP contribution in [0.1, 0.15) is 16.7 Å². The Morgan fingerprint density at radius 2 is 1.82 bits per heavy atom. The molecule has 2 aromatic rings. The van der Waals surface area contributed by atoms with Crippen molar-refractivity contribution in [1.29, 1.82) is 0 Å². The predicted octanol–water partition coefficient (Wildman–Crippen LogP) is 4.31. The number of hydrogen-bond donors (Lipinski definition) is 1. The van der Waals surface area contributed by atoms with Gasteiger partial charge in [-0.3, -0.25) is 4.99 Å². The molecule has 5 heteroatoms. The van der Waals surface area contributed by atoms with Crippen LogP contribution in [0.3, 0.4) is 0 Å². The van der Waals surface area contributed by atoms with E-state index in [1.54, 1.807) is 30.3 Å². The van der Waals surface area contributed by atoms with Crippen molar-refractivity contribution in [2.75, 3.05) is 6.54 Å². The van der Waals surface area contributed by atoms with Gasteiger partial charge in [-0.1, -0.05) is 47.5 Å². The summed E-state index contributed by atoms with van der Waals surface area (Å²) >= 11 is 12.4. The van der Waals surface area contributed by atoms with Crippen LogP contribution >= 0.6 is 23.2 Å².